The van der Waals surface area contributed by atoms with E-state index in [1.807, 2.05) is 18.5 Å². The number of aromatic nitrogens is 3. The molecule has 142 valence electrons. The third-order valence-corrected chi connectivity index (χ3v) is 5.99. The molecule has 0 radical (unpaired) electrons. The van der Waals surface area contributed by atoms with Crippen LogP contribution in [0.5, 0.6) is 0 Å². The van der Waals surface area contributed by atoms with Gasteiger partial charge in [-0.25, -0.2) is 4.99 Å². The van der Waals surface area contributed by atoms with Crippen molar-refractivity contribution in [3.05, 3.63) is 11.6 Å². The first kappa shape index (κ1) is 20.1. The second-order valence-corrected chi connectivity index (χ2v) is 8.33. The van der Waals surface area contributed by atoms with Gasteiger partial charge in [-0.1, -0.05) is 26.7 Å². The van der Waals surface area contributed by atoms with Crippen molar-refractivity contribution in [3.63, 3.8) is 0 Å². The molecule has 0 aliphatic heterocycles. The Kier molecular flexibility index (Phi) is 8.58. The second-order valence-electron chi connectivity index (χ2n) is 6.75. The summed E-state index contributed by atoms with van der Waals surface area (Å²) in [6.07, 6.45) is 7.46. The maximum Gasteiger partial charge on any atom is 0.191 e. The van der Waals surface area contributed by atoms with Crippen LogP contribution in [0, 0.1) is 6.92 Å². The first-order valence-electron chi connectivity index (χ1n) is 9.65. The van der Waals surface area contributed by atoms with Crippen LogP contribution in [0.15, 0.2) is 4.99 Å². The van der Waals surface area contributed by atoms with E-state index in [1.54, 1.807) is 0 Å². The molecule has 25 heavy (non-hydrogen) atoms. The van der Waals surface area contributed by atoms with Gasteiger partial charge in [0.15, 0.2) is 11.8 Å². The van der Waals surface area contributed by atoms with E-state index in [9.17, 15) is 0 Å². The van der Waals surface area contributed by atoms with Crippen LogP contribution < -0.4 is 10.6 Å². The van der Waals surface area contributed by atoms with Crippen LogP contribution in [-0.4, -0.2) is 44.3 Å². The number of thioether (sulfide) groups is 1. The molecule has 0 spiro atoms. The Hall–Kier alpha value is -1.24. The average Bonchev–Trinajstić information content (AvgIpc) is 2.92. The second kappa shape index (κ2) is 10.7. The Morgan fingerprint density at radius 2 is 2.16 bits per heavy atom. The number of guanidine groups is 1. The third kappa shape index (κ3) is 6.53. The first-order valence-corrected chi connectivity index (χ1v) is 10.7. The lowest BCUT2D eigenvalue weighted by atomic mass is 9.95. The van der Waals surface area contributed by atoms with Gasteiger partial charge < -0.3 is 15.2 Å². The number of unbranched alkanes of at least 4 members (excludes halogenated alkanes) is 1. The Balaban J connectivity index is 1.96. The fraction of sp³-hybridized carbons (Fsp3) is 0.833. The molecular formula is C18H34N6S. The molecular weight excluding hydrogens is 332 g/mol. The molecule has 1 aromatic rings. The quantitative estimate of drug-likeness (QED) is 0.420. The summed E-state index contributed by atoms with van der Waals surface area (Å²) in [7, 11) is 1.99. The van der Waals surface area contributed by atoms with Crippen molar-refractivity contribution in [2.45, 2.75) is 77.1 Å². The Morgan fingerprint density at radius 1 is 1.32 bits per heavy atom. The average molecular weight is 367 g/mol. The predicted molar refractivity (Wildman–Crippen MR) is 107 cm³/mol. The Morgan fingerprint density at radius 3 is 2.84 bits per heavy atom. The van der Waals surface area contributed by atoms with Crippen LogP contribution in [-0.2, 0) is 13.6 Å². The van der Waals surface area contributed by atoms with Gasteiger partial charge in [-0.2, -0.15) is 11.8 Å². The summed E-state index contributed by atoms with van der Waals surface area (Å²) in [6.45, 7) is 7.94. The molecule has 1 heterocycles. The smallest absolute Gasteiger partial charge is 0.191 e. The monoisotopic (exact) mass is 366 g/mol. The van der Waals surface area contributed by atoms with Crippen molar-refractivity contribution >= 4 is 17.7 Å². The molecule has 2 unspecified atom stereocenters. The van der Waals surface area contributed by atoms with Crippen molar-refractivity contribution in [2.24, 2.45) is 12.0 Å². The standard InChI is InChI=1S/C18H34N6S/c1-5-7-11-19-18(20-13-17-23-22-14(3)24(17)4)21-15-9-8-10-16(12-15)25-6-2/h15-16H,5-13H2,1-4H3,(H2,19,20,21). The number of hydrogen-bond donors (Lipinski definition) is 2. The minimum absolute atomic E-state index is 0.520. The van der Waals surface area contributed by atoms with E-state index in [0.717, 1.165) is 35.8 Å². The van der Waals surface area contributed by atoms with Gasteiger partial charge >= 0.3 is 0 Å². The van der Waals surface area contributed by atoms with Crippen molar-refractivity contribution < 1.29 is 0 Å². The summed E-state index contributed by atoms with van der Waals surface area (Å²) < 4.78 is 2.00. The van der Waals surface area contributed by atoms with E-state index in [2.05, 4.69) is 46.4 Å². The first-order chi connectivity index (χ1) is 12.1. The molecule has 2 atom stereocenters. The lowest BCUT2D eigenvalue weighted by Gasteiger charge is -2.30. The summed E-state index contributed by atoms with van der Waals surface area (Å²) in [5, 5.41) is 16.3. The molecule has 1 aromatic heterocycles. The minimum Gasteiger partial charge on any atom is -0.356 e. The van der Waals surface area contributed by atoms with Gasteiger partial charge in [-0.3, -0.25) is 0 Å². The predicted octanol–water partition coefficient (Wildman–Crippen LogP) is 3.02. The minimum atomic E-state index is 0.520. The highest BCUT2D eigenvalue weighted by atomic mass is 32.2. The van der Waals surface area contributed by atoms with E-state index in [1.165, 1.54) is 37.9 Å². The topological polar surface area (TPSA) is 67.1 Å². The van der Waals surface area contributed by atoms with Crippen LogP contribution >= 0.6 is 11.8 Å². The van der Waals surface area contributed by atoms with Crippen molar-refractivity contribution in [3.8, 4) is 0 Å². The van der Waals surface area contributed by atoms with Crippen LogP contribution in [0.1, 0.15) is 64.0 Å². The Labute approximate surface area is 156 Å². The van der Waals surface area contributed by atoms with Gasteiger partial charge in [-0.05, 0) is 38.4 Å². The van der Waals surface area contributed by atoms with E-state index in [0.29, 0.717) is 12.6 Å². The lowest BCUT2D eigenvalue weighted by molar-refractivity contribution is 0.418. The molecule has 1 aliphatic carbocycles. The van der Waals surface area contributed by atoms with Crippen LogP contribution in [0.25, 0.3) is 0 Å². The molecule has 6 nitrogen and oxygen atoms in total. The van der Waals surface area contributed by atoms with Gasteiger partial charge in [0.1, 0.15) is 12.4 Å². The highest BCUT2D eigenvalue weighted by molar-refractivity contribution is 7.99. The number of nitrogens with one attached hydrogen (secondary N) is 2. The fourth-order valence-electron chi connectivity index (χ4n) is 3.13. The Bertz CT molecular complexity index is 540. The number of nitrogens with zero attached hydrogens (tertiary/aromatic N) is 4. The normalized spacial score (nSPS) is 21.4. The van der Waals surface area contributed by atoms with Crippen LogP contribution in [0.2, 0.25) is 0 Å². The highest BCUT2D eigenvalue weighted by Gasteiger charge is 2.22. The maximum absolute atomic E-state index is 4.77. The molecule has 2 N–H and O–H groups in total. The molecule has 1 fully saturated rings. The van der Waals surface area contributed by atoms with Crippen LogP contribution in [0.3, 0.4) is 0 Å². The van der Waals surface area contributed by atoms with E-state index < -0.39 is 0 Å². The molecule has 0 saturated heterocycles. The van der Waals surface area contributed by atoms with E-state index >= 15 is 0 Å². The zero-order chi connectivity index (χ0) is 18.1. The SMILES string of the molecule is CCCCNC(=NCc1nnc(C)n1C)NC1CCCC(SCC)C1. The summed E-state index contributed by atoms with van der Waals surface area (Å²) in [4.78, 5) is 4.77. The zero-order valence-corrected chi connectivity index (χ0v) is 17.0. The van der Waals surface area contributed by atoms with Gasteiger partial charge in [0.25, 0.3) is 0 Å². The maximum atomic E-state index is 4.77. The summed E-state index contributed by atoms with van der Waals surface area (Å²) in [5.74, 6) is 3.95. The van der Waals surface area contributed by atoms with E-state index in [4.69, 9.17) is 4.99 Å². The summed E-state index contributed by atoms with van der Waals surface area (Å²) in [6, 6.07) is 0.520. The van der Waals surface area contributed by atoms with Gasteiger partial charge in [0.2, 0.25) is 0 Å². The van der Waals surface area contributed by atoms with Crippen molar-refractivity contribution in [1.29, 1.82) is 0 Å². The molecule has 1 saturated carbocycles. The number of aliphatic imine (C=N–C) groups is 1. The van der Waals surface area contributed by atoms with Crippen LogP contribution in [0.4, 0.5) is 0 Å². The fourth-order valence-corrected chi connectivity index (χ4v) is 4.30. The number of rotatable bonds is 8. The van der Waals surface area contributed by atoms with Crippen molar-refractivity contribution in [1.82, 2.24) is 25.4 Å². The van der Waals surface area contributed by atoms with Crippen molar-refractivity contribution in [2.75, 3.05) is 12.3 Å². The largest absolute Gasteiger partial charge is 0.356 e. The molecule has 0 bridgehead atoms. The summed E-state index contributed by atoms with van der Waals surface area (Å²) >= 11 is 2.10. The van der Waals surface area contributed by atoms with Gasteiger partial charge in [0.05, 0.1) is 0 Å². The van der Waals surface area contributed by atoms with Gasteiger partial charge in [-0.15, -0.1) is 10.2 Å². The number of hydrogen-bond acceptors (Lipinski definition) is 4. The number of aryl methyl sites for hydroxylation is 1. The molecule has 1 aliphatic rings. The lowest BCUT2D eigenvalue weighted by Crippen LogP contribution is -2.46. The van der Waals surface area contributed by atoms with E-state index in [-0.39, 0.29) is 0 Å². The molecule has 0 amide bonds. The highest BCUT2D eigenvalue weighted by Crippen LogP contribution is 2.28. The zero-order valence-electron chi connectivity index (χ0n) is 16.2. The van der Waals surface area contributed by atoms with Gasteiger partial charge in [0, 0.05) is 24.9 Å². The molecule has 2 rings (SSSR count). The molecule has 7 heteroatoms. The summed E-state index contributed by atoms with van der Waals surface area (Å²) in [5.41, 5.74) is 0. The third-order valence-electron chi connectivity index (χ3n) is 4.75. The molecule has 0 aromatic carbocycles.